The maximum Gasteiger partial charge on any atom is 0.146 e. The average Bonchev–Trinajstić information content (AvgIpc) is 2.33. The van der Waals surface area contributed by atoms with Crippen LogP contribution in [0.15, 0.2) is 0 Å². The van der Waals surface area contributed by atoms with E-state index in [0.717, 1.165) is 6.42 Å². The van der Waals surface area contributed by atoms with E-state index in [1.165, 1.54) is 6.92 Å². The lowest BCUT2D eigenvalue weighted by Crippen LogP contribution is -2.28. The molecule has 1 unspecified atom stereocenters. The Morgan fingerprint density at radius 1 is 1.75 bits per heavy atom. The molecule has 12 heavy (non-hydrogen) atoms. The minimum absolute atomic E-state index is 0.0469. The number of carbonyl (C=O) groups excluding carboxylic acids is 1. The third kappa shape index (κ3) is 2.03. The molecule has 0 radical (unpaired) electrons. The van der Waals surface area contributed by atoms with Gasteiger partial charge in [-0.1, -0.05) is 13.3 Å². The number of hydrogen-bond acceptors (Lipinski definition) is 2. The second kappa shape index (κ2) is 3.52. The Hall–Kier alpha value is -0.440. The van der Waals surface area contributed by atoms with E-state index in [0.29, 0.717) is 19.4 Å². The normalized spacial score (nSPS) is 35.4. The summed E-state index contributed by atoms with van der Waals surface area (Å²) in [5.74, 6) is 0.0469. The lowest BCUT2D eigenvalue weighted by Gasteiger charge is -2.16. The van der Waals surface area contributed by atoms with Crippen LogP contribution in [0.4, 0.5) is 4.39 Å². The zero-order valence-electron chi connectivity index (χ0n) is 7.69. The highest BCUT2D eigenvalue weighted by atomic mass is 19.1. The van der Waals surface area contributed by atoms with E-state index in [1.807, 2.05) is 6.92 Å². The number of alkyl halides is 1. The van der Waals surface area contributed by atoms with Gasteiger partial charge in [0.25, 0.3) is 0 Å². The highest BCUT2D eigenvalue weighted by Gasteiger charge is 2.39. The van der Waals surface area contributed by atoms with Crippen LogP contribution in [0.3, 0.4) is 0 Å². The molecule has 0 amide bonds. The number of carbonyl (C=O) groups is 1. The van der Waals surface area contributed by atoms with Crippen LogP contribution in [0.25, 0.3) is 0 Å². The molecular weight excluding hydrogens is 157 g/mol. The lowest BCUT2D eigenvalue weighted by molar-refractivity contribution is -0.118. The van der Waals surface area contributed by atoms with Gasteiger partial charge in [-0.3, -0.25) is 4.79 Å². The molecule has 1 aliphatic heterocycles. The van der Waals surface area contributed by atoms with Crippen molar-refractivity contribution >= 4 is 5.78 Å². The van der Waals surface area contributed by atoms with E-state index in [9.17, 15) is 9.18 Å². The first-order chi connectivity index (χ1) is 5.57. The van der Waals surface area contributed by atoms with Gasteiger partial charge in [0.15, 0.2) is 0 Å². The topological polar surface area (TPSA) is 29.1 Å². The standard InChI is InChI=1S/C9H16FNO/c1-3-4-9(10)5-8(7(2)12)11-6-9/h8,11H,3-6H2,1-2H3/t8-,9?/m0/s1. The zero-order valence-corrected chi connectivity index (χ0v) is 7.69. The van der Waals surface area contributed by atoms with Crippen molar-refractivity contribution in [1.29, 1.82) is 0 Å². The predicted octanol–water partition coefficient (Wildman–Crippen LogP) is 1.45. The molecule has 3 heteroatoms. The molecule has 1 aliphatic rings. The summed E-state index contributed by atoms with van der Waals surface area (Å²) in [6, 6.07) is -0.249. The Labute approximate surface area is 72.5 Å². The predicted molar refractivity (Wildman–Crippen MR) is 45.8 cm³/mol. The van der Waals surface area contributed by atoms with Crippen molar-refractivity contribution in [2.75, 3.05) is 6.54 Å². The van der Waals surface area contributed by atoms with E-state index < -0.39 is 5.67 Å². The van der Waals surface area contributed by atoms with Crippen molar-refractivity contribution in [3.8, 4) is 0 Å². The highest BCUT2D eigenvalue weighted by Crippen LogP contribution is 2.28. The molecule has 2 atom stereocenters. The Morgan fingerprint density at radius 3 is 2.83 bits per heavy atom. The Bertz CT molecular complexity index is 183. The van der Waals surface area contributed by atoms with Gasteiger partial charge < -0.3 is 5.32 Å². The molecule has 1 rings (SSSR count). The molecule has 0 aliphatic carbocycles. The van der Waals surface area contributed by atoms with Crippen molar-refractivity contribution in [1.82, 2.24) is 5.32 Å². The summed E-state index contributed by atoms with van der Waals surface area (Å²) >= 11 is 0. The lowest BCUT2D eigenvalue weighted by atomic mass is 9.96. The zero-order chi connectivity index (χ0) is 9.19. The summed E-state index contributed by atoms with van der Waals surface area (Å²) in [7, 11) is 0. The number of nitrogens with one attached hydrogen (secondary N) is 1. The monoisotopic (exact) mass is 173 g/mol. The summed E-state index contributed by atoms with van der Waals surface area (Å²) in [5.41, 5.74) is -1.13. The summed E-state index contributed by atoms with van der Waals surface area (Å²) in [4.78, 5) is 10.9. The van der Waals surface area contributed by atoms with Gasteiger partial charge in [0.1, 0.15) is 11.5 Å². The fourth-order valence-electron chi connectivity index (χ4n) is 1.74. The van der Waals surface area contributed by atoms with Crippen LogP contribution in [0.5, 0.6) is 0 Å². The second-order valence-electron chi connectivity index (χ2n) is 3.65. The summed E-state index contributed by atoms with van der Waals surface area (Å²) in [6.07, 6.45) is 1.75. The van der Waals surface area contributed by atoms with Gasteiger partial charge >= 0.3 is 0 Å². The number of Topliss-reactive ketones (excluding diaryl/α,β-unsaturated/α-hetero) is 1. The smallest absolute Gasteiger partial charge is 0.146 e. The molecule has 2 nitrogen and oxygen atoms in total. The third-order valence-electron chi connectivity index (χ3n) is 2.42. The molecule has 70 valence electrons. The summed E-state index contributed by atoms with van der Waals surface area (Å²) in [6.45, 7) is 3.81. The first kappa shape index (κ1) is 9.65. The van der Waals surface area contributed by atoms with Crippen molar-refractivity contribution in [2.24, 2.45) is 0 Å². The summed E-state index contributed by atoms with van der Waals surface area (Å²) in [5, 5.41) is 2.91. The fourth-order valence-corrected chi connectivity index (χ4v) is 1.74. The molecule has 1 N–H and O–H groups in total. The molecule has 0 bridgehead atoms. The first-order valence-corrected chi connectivity index (χ1v) is 4.50. The molecule has 0 saturated carbocycles. The van der Waals surface area contributed by atoms with Crippen LogP contribution in [0, 0.1) is 0 Å². The van der Waals surface area contributed by atoms with Crippen molar-refractivity contribution in [2.45, 2.75) is 44.8 Å². The van der Waals surface area contributed by atoms with E-state index in [2.05, 4.69) is 5.32 Å². The molecule has 0 spiro atoms. The largest absolute Gasteiger partial charge is 0.304 e. The van der Waals surface area contributed by atoms with Gasteiger partial charge in [0, 0.05) is 13.0 Å². The molecule has 0 aromatic carbocycles. The number of ketones is 1. The molecule has 1 heterocycles. The third-order valence-corrected chi connectivity index (χ3v) is 2.42. The quantitative estimate of drug-likeness (QED) is 0.699. The van der Waals surface area contributed by atoms with E-state index in [1.54, 1.807) is 0 Å². The number of hydrogen-bond donors (Lipinski definition) is 1. The van der Waals surface area contributed by atoms with Gasteiger partial charge in [-0.15, -0.1) is 0 Å². The number of rotatable bonds is 3. The molecule has 1 fully saturated rings. The maximum absolute atomic E-state index is 13.7. The molecule has 0 aromatic heterocycles. The van der Waals surface area contributed by atoms with Crippen molar-refractivity contribution in [3.63, 3.8) is 0 Å². The fraction of sp³-hybridized carbons (Fsp3) is 0.889. The van der Waals surface area contributed by atoms with Crippen molar-refractivity contribution < 1.29 is 9.18 Å². The van der Waals surface area contributed by atoms with Crippen LogP contribution >= 0.6 is 0 Å². The highest BCUT2D eigenvalue weighted by molar-refractivity contribution is 5.81. The van der Waals surface area contributed by atoms with E-state index in [4.69, 9.17) is 0 Å². The van der Waals surface area contributed by atoms with E-state index in [-0.39, 0.29) is 11.8 Å². The molecule has 0 aromatic rings. The van der Waals surface area contributed by atoms with Crippen LogP contribution in [0.2, 0.25) is 0 Å². The van der Waals surface area contributed by atoms with Crippen LogP contribution in [0.1, 0.15) is 33.1 Å². The van der Waals surface area contributed by atoms with Gasteiger partial charge in [-0.25, -0.2) is 4.39 Å². The molecule has 1 saturated heterocycles. The van der Waals surface area contributed by atoms with Crippen LogP contribution in [-0.2, 0) is 4.79 Å². The SMILES string of the molecule is CCCC1(F)CN[C@H](C(C)=O)C1. The molecular formula is C9H16FNO. The summed E-state index contributed by atoms with van der Waals surface area (Å²) < 4.78 is 13.7. The Balaban J connectivity index is 2.48. The van der Waals surface area contributed by atoms with Crippen molar-refractivity contribution in [3.05, 3.63) is 0 Å². The minimum Gasteiger partial charge on any atom is -0.304 e. The second-order valence-corrected chi connectivity index (χ2v) is 3.65. The van der Waals surface area contributed by atoms with Gasteiger partial charge in [-0.05, 0) is 13.3 Å². The van der Waals surface area contributed by atoms with E-state index >= 15 is 0 Å². The first-order valence-electron chi connectivity index (χ1n) is 4.50. The minimum atomic E-state index is -1.13. The number of halogens is 1. The Kier molecular flexibility index (Phi) is 2.83. The van der Waals surface area contributed by atoms with Gasteiger partial charge in [-0.2, -0.15) is 0 Å². The Morgan fingerprint density at radius 2 is 2.42 bits per heavy atom. The van der Waals surface area contributed by atoms with Crippen LogP contribution in [-0.4, -0.2) is 24.0 Å². The average molecular weight is 173 g/mol. The van der Waals surface area contributed by atoms with Gasteiger partial charge in [0.05, 0.1) is 6.04 Å². The van der Waals surface area contributed by atoms with Crippen LogP contribution < -0.4 is 5.32 Å². The van der Waals surface area contributed by atoms with Gasteiger partial charge in [0.2, 0.25) is 0 Å². The maximum atomic E-state index is 13.7.